The number of aromatic nitrogens is 1. The van der Waals surface area contributed by atoms with Gasteiger partial charge in [-0.05, 0) is 37.4 Å². The summed E-state index contributed by atoms with van der Waals surface area (Å²) in [7, 11) is 0. The van der Waals surface area contributed by atoms with Crippen LogP contribution in [0.1, 0.15) is 47.7 Å². The van der Waals surface area contributed by atoms with Gasteiger partial charge in [-0.25, -0.2) is 4.99 Å². The number of aliphatic imine (C=N–C) groups is 1. The van der Waals surface area contributed by atoms with Crippen LogP contribution in [0, 0.1) is 0 Å². The van der Waals surface area contributed by atoms with Gasteiger partial charge in [0.05, 0.1) is 17.9 Å². The van der Waals surface area contributed by atoms with E-state index in [0.717, 1.165) is 76.3 Å². The van der Waals surface area contributed by atoms with Crippen LogP contribution in [0.15, 0.2) is 36.0 Å². The smallest absolute Gasteiger partial charge is 0.253 e. The minimum Gasteiger partial charge on any atom is -0.491 e. The number of nitrogens with zero attached hydrogens (tertiary/aromatic N) is 3. The molecule has 4 rings (SSSR count). The first kappa shape index (κ1) is 23.1. The Labute approximate surface area is 196 Å². The van der Waals surface area contributed by atoms with Crippen molar-refractivity contribution in [3.05, 3.63) is 47.7 Å². The number of ether oxygens (including phenoxy) is 1. The molecule has 0 spiro atoms. The Balaban J connectivity index is 1.16. The number of nitrogens with one attached hydrogen (secondary N) is 2. The van der Waals surface area contributed by atoms with Gasteiger partial charge in [0.25, 0.3) is 5.91 Å². The van der Waals surface area contributed by atoms with Gasteiger partial charge in [-0.2, -0.15) is 0 Å². The molecule has 2 N–H and O–H groups in total. The van der Waals surface area contributed by atoms with Crippen molar-refractivity contribution in [1.29, 1.82) is 0 Å². The molecule has 2 aromatic rings. The van der Waals surface area contributed by atoms with Crippen molar-refractivity contribution in [3.63, 3.8) is 0 Å². The van der Waals surface area contributed by atoms with Gasteiger partial charge in [0.15, 0.2) is 0 Å². The van der Waals surface area contributed by atoms with Crippen LogP contribution < -0.4 is 15.0 Å². The van der Waals surface area contributed by atoms with Crippen molar-refractivity contribution in [2.24, 2.45) is 4.99 Å². The van der Waals surface area contributed by atoms with Crippen LogP contribution in [0.5, 0.6) is 5.75 Å². The fourth-order valence-electron chi connectivity index (χ4n) is 4.52. The minimum atomic E-state index is -0.0784. The Hall–Kier alpha value is -3.06. The van der Waals surface area contributed by atoms with Crippen molar-refractivity contribution in [3.8, 4) is 5.75 Å². The summed E-state index contributed by atoms with van der Waals surface area (Å²) >= 11 is 0. The maximum Gasteiger partial charge on any atom is 0.253 e. The number of unbranched alkanes of at least 4 members (excludes halogenated alkanes) is 1. The number of H-pyrrole nitrogens is 1. The molecule has 176 valence electrons. The monoisotopic (exact) mass is 449 g/mol. The van der Waals surface area contributed by atoms with E-state index in [1.807, 2.05) is 13.1 Å². The number of fused-ring (bicyclic) bond motifs is 1. The number of anilines is 1. The molecule has 1 aromatic carbocycles. The number of hydrogen-bond donors (Lipinski definition) is 2. The van der Waals surface area contributed by atoms with Crippen LogP contribution >= 0.6 is 0 Å². The number of carbonyl (C=O) groups excluding carboxylic acids is 1. The van der Waals surface area contributed by atoms with Crippen LogP contribution in [0.2, 0.25) is 0 Å². The first-order valence-electron chi connectivity index (χ1n) is 12.1. The summed E-state index contributed by atoms with van der Waals surface area (Å²) < 4.78 is 5.88. The summed E-state index contributed by atoms with van der Waals surface area (Å²) in [6.45, 7) is 12.6. The first-order chi connectivity index (χ1) is 16.2. The maximum atomic E-state index is 12.6. The highest BCUT2D eigenvalue weighted by atomic mass is 16.5. The summed E-state index contributed by atoms with van der Waals surface area (Å²) in [5, 5.41) is 3.03. The summed E-state index contributed by atoms with van der Waals surface area (Å²) in [5.74, 6) is 1.70. The van der Waals surface area contributed by atoms with E-state index in [1.54, 1.807) is 12.3 Å². The third-order valence-corrected chi connectivity index (χ3v) is 6.34. The number of carbonyl (C=O) groups is 1. The standard InChI is InChI=1S/C26H35N5O2/c1-3-11-27-25-21(4-2)22(19-29-25)26(32)28-12-5-6-13-30-14-16-31(17-15-30)23-9-7-8-20-10-18-33-24(20)23/h4,7-9,11,19,29H,2-3,5-6,10,12-18H2,1H3,(H,28,32)/b27-11-. The van der Waals surface area contributed by atoms with Gasteiger partial charge >= 0.3 is 0 Å². The lowest BCUT2D eigenvalue weighted by Gasteiger charge is -2.36. The molecule has 7 nitrogen and oxygen atoms in total. The molecular weight excluding hydrogens is 414 g/mol. The van der Waals surface area contributed by atoms with Crippen molar-refractivity contribution in [2.45, 2.75) is 32.6 Å². The van der Waals surface area contributed by atoms with Gasteiger partial charge in [-0.3, -0.25) is 9.69 Å². The Morgan fingerprint density at radius 3 is 2.91 bits per heavy atom. The second kappa shape index (κ2) is 11.2. The summed E-state index contributed by atoms with van der Waals surface area (Å²) in [6, 6.07) is 6.51. The van der Waals surface area contributed by atoms with Crippen LogP contribution in [-0.2, 0) is 6.42 Å². The number of rotatable bonds is 10. The molecule has 33 heavy (non-hydrogen) atoms. The number of aromatic amines is 1. The quantitative estimate of drug-likeness (QED) is 0.424. The van der Waals surface area contributed by atoms with E-state index in [4.69, 9.17) is 4.74 Å². The van der Waals surface area contributed by atoms with E-state index in [1.165, 1.54) is 11.3 Å². The molecule has 0 bridgehead atoms. The van der Waals surface area contributed by atoms with E-state index in [9.17, 15) is 4.79 Å². The Kier molecular flexibility index (Phi) is 7.83. The number of piperazine rings is 1. The van der Waals surface area contributed by atoms with Crippen molar-refractivity contribution in [2.75, 3.05) is 50.8 Å². The van der Waals surface area contributed by atoms with Crippen molar-refractivity contribution < 1.29 is 9.53 Å². The van der Waals surface area contributed by atoms with E-state index in [2.05, 4.69) is 49.9 Å². The lowest BCUT2D eigenvalue weighted by atomic mass is 10.1. The fourth-order valence-corrected chi connectivity index (χ4v) is 4.52. The van der Waals surface area contributed by atoms with E-state index < -0.39 is 0 Å². The summed E-state index contributed by atoms with van der Waals surface area (Å²) in [5.41, 5.74) is 3.94. The molecule has 0 atom stereocenters. The van der Waals surface area contributed by atoms with E-state index in [0.29, 0.717) is 17.9 Å². The van der Waals surface area contributed by atoms with E-state index >= 15 is 0 Å². The molecular formula is C26H35N5O2. The van der Waals surface area contributed by atoms with Gasteiger partial charge in [-0.15, -0.1) is 0 Å². The third-order valence-electron chi connectivity index (χ3n) is 6.34. The molecule has 2 aliphatic heterocycles. The maximum absolute atomic E-state index is 12.6. The van der Waals surface area contributed by atoms with E-state index in [-0.39, 0.29) is 5.91 Å². The van der Waals surface area contributed by atoms with Crippen LogP contribution in [0.4, 0.5) is 11.5 Å². The Morgan fingerprint density at radius 1 is 1.27 bits per heavy atom. The number of para-hydroxylation sites is 1. The highest BCUT2D eigenvalue weighted by molar-refractivity contribution is 5.99. The molecule has 0 unspecified atom stereocenters. The second-order valence-electron chi connectivity index (χ2n) is 8.54. The van der Waals surface area contributed by atoms with Crippen LogP contribution in [-0.4, -0.2) is 67.9 Å². The van der Waals surface area contributed by atoms with Gasteiger partial charge < -0.3 is 19.9 Å². The SMILES string of the molecule is C=Cc1c(C(=O)NCCCCN2CCN(c3cccc4c3OCC4)CC2)c[nH]c1/N=C\CC. The zero-order valence-electron chi connectivity index (χ0n) is 19.6. The Morgan fingerprint density at radius 2 is 2.12 bits per heavy atom. The number of hydrogen-bond acceptors (Lipinski definition) is 5. The molecule has 0 aliphatic carbocycles. The molecule has 7 heteroatoms. The molecule has 0 radical (unpaired) electrons. The molecule has 1 saturated heterocycles. The molecule has 1 aromatic heterocycles. The molecule has 1 fully saturated rings. The first-order valence-corrected chi connectivity index (χ1v) is 12.1. The fraction of sp³-hybridized carbons (Fsp3) is 0.462. The number of benzene rings is 1. The third kappa shape index (κ3) is 5.47. The van der Waals surface area contributed by atoms with Gasteiger partial charge in [0.2, 0.25) is 0 Å². The van der Waals surface area contributed by atoms with Gasteiger partial charge in [-0.1, -0.05) is 31.7 Å². The second-order valence-corrected chi connectivity index (χ2v) is 8.54. The van der Waals surface area contributed by atoms with Crippen LogP contribution in [0.3, 0.4) is 0 Å². The largest absolute Gasteiger partial charge is 0.491 e. The highest BCUT2D eigenvalue weighted by Crippen LogP contribution is 2.36. The summed E-state index contributed by atoms with van der Waals surface area (Å²) in [4.78, 5) is 25.0. The number of amides is 1. The van der Waals surface area contributed by atoms with Gasteiger partial charge in [0, 0.05) is 57.1 Å². The Bertz CT molecular complexity index is 989. The van der Waals surface area contributed by atoms with Crippen LogP contribution in [0.25, 0.3) is 6.08 Å². The zero-order valence-corrected chi connectivity index (χ0v) is 19.6. The molecule has 1 amide bonds. The molecule has 0 saturated carbocycles. The average Bonchev–Trinajstić information content (AvgIpc) is 3.49. The summed E-state index contributed by atoms with van der Waals surface area (Å²) in [6.07, 6.45) is 9.10. The van der Waals surface area contributed by atoms with Crippen molar-refractivity contribution >= 4 is 29.7 Å². The highest BCUT2D eigenvalue weighted by Gasteiger charge is 2.23. The predicted molar refractivity (Wildman–Crippen MR) is 135 cm³/mol. The predicted octanol–water partition coefficient (Wildman–Crippen LogP) is 4.04. The topological polar surface area (TPSA) is 73.0 Å². The average molecular weight is 450 g/mol. The lowest BCUT2D eigenvalue weighted by Crippen LogP contribution is -2.46. The lowest BCUT2D eigenvalue weighted by molar-refractivity contribution is 0.0952. The van der Waals surface area contributed by atoms with Gasteiger partial charge in [0.1, 0.15) is 11.6 Å². The normalized spacial score (nSPS) is 16.1. The zero-order chi connectivity index (χ0) is 23.0. The molecule has 2 aliphatic rings. The van der Waals surface area contributed by atoms with Crippen molar-refractivity contribution in [1.82, 2.24) is 15.2 Å². The molecule has 3 heterocycles. The minimum absolute atomic E-state index is 0.0784.